The lowest BCUT2D eigenvalue weighted by Gasteiger charge is -2.05. The van der Waals surface area contributed by atoms with Crippen molar-refractivity contribution in [1.29, 1.82) is 0 Å². The van der Waals surface area contributed by atoms with Gasteiger partial charge in [-0.2, -0.15) is 0 Å². The Morgan fingerprint density at radius 2 is 2.09 bits per heavy atom. The van der Waals surface area contributed by atoms with Crippen LogP contribution >= 0.6 is 11.8 Å². The average Bonchev–Trinajstić information content (AvgIpc) is 1.87. The van der Waals surface area contributed by atoms with E-state index in [-0.39, 0.29) is 10.9 Å². The minimum Gasteiger partial charge on any atom is -0.481 e. The number of rotatable bonds is 4. The van der Waals surface area contributed by atoms with Gasteiger partial charge in [0.2, 0.25) is 0 Å². The van der Waals surface area contributed by atoms with Crippen LogP contribution in [0.3, 0.4) is 0 Å². The van der Waals surface area contributed by atoms with Crippen LogP contribution < -0.4 is 0 Å². The lowest BCUT2D eigenvalue weighted by Crippen LogP contribution is -2.20. The first-order valence-electron chi connectivity index (χ1n) is 3.05. The summed E-state index contributed by atoms with van der Waals surface area (Å²) in [5, 5.41) is 16.8. The van der Waals surface area contributed by atoms with E-state index in [0.29, 0.717) is 0 Å². The normalized spacial score (nSPS) is 12.5. The lowest BCUT2D eigenvalue weighted by atomic mass is 10.2. The largest absolute Gasteiger partial charge is 0.481 e. The number of carbonyl (C=O) groups is 2. The van der Waals surface area contributed by atoms with Crippen LogP contribution in [0.1, 0.15) is 6.92 Å². The number of aliphatic hydroxyl groups is 1. The topological polar surface area (TPSA) is 74.6 Å². The molecule has 0 amide bonds. The van der Waals surface area contributed by atoms with Crippen molar-refractivity contribution in [3.05, 3.63) is 0 Å². The molecule has 11 heavy (non-hydrogen) atoms. The summed E-state index contributed by atoms with van der Waals surface area (Å²) >= 11 is 0.913. The highest BCUT2D eigenvalue weighted by molar-refractivity contribution is 8.13. The molecule has 0 aromatic rings. The van der Waals surface area contributed by atoms with Crippen molar-refractivity contribution in [2.75, 3.05) is 12.4 Å². The van der Waals surface area contributed by atoms with E-state index in [2.05, 4.69) is 0 Å². The van der Waals surface area contributed by atoms with Crippen LogP contribution in [0.5, 0.6) is 0 Å². The molecule has 1 unspecified atom stereocenters. The maximum atomic E-state index is 10.4. The minimum absolute atomic E-state index is 0.135. The summed E-state index contributed by atoms with van der Waals surface area (Å²) in [5.41, 5.74) is 0. The van der Waals surface area contributed by atoms with E-state index in [0.717, 1.165) is 11.8 Å². The number of hydrogen-bond donors (Lipinski definition) is 2. The summed E-state index contributed by atoms with van der Waals surface area (Å²) in [6.07, 6.45) is 0. The molecule has 4 nitrogen and oxygen atoms in total. The van der Waals surface area contributed by atoms with Crippen molar-refractivity contribution in [3.63, 3.8) is 0 Å². The third-order valence-corrected chi connectivity index (χ3v) is 2.03. The molecule has 64 valence electrons. The second kappa shape index (κ2) is 5.15. The summed E-state index contributed by atoms with van der Waals surface area (Å²) in [6, 6.07) is 0. The van der Waals surface area contributed by atoms with Crippen molar-refractivity contribution < 1.29 is 19.8 Å². The molecule has 0 saturated heterocycles. The van der Waals surface area contributed by atoms with Gasteiger partial charge in [-0.1, -0.05) is 11.8 Å². The zero-order valence-corrected chi connectivity index (χ0v) is 6.93. The van der Waals surface area contributed by atoms with Crippen LogP contribution in [0.4, 0.5) is 0 Å². The molecule has 0 aliphatic heterocycles. The van der Waals surface area contributed by atoms with Crippen LogP contribution in [0.25, 0.3) is 0 Å². The number of hydrogen-bond acceptors (Lipinski definition) is 4. The predicted octanol–water partition coefficient (Wildman–Crippen LogP) is -0.0408. The van der Waals surface area contributed by atoms with Gasteiger partial charge in [-0.3, -0.25) is 9.59 Å². The maximum absolute atomic E-state index is 10.4. The van der Waals surface area contributed by atoms with Gasteiger partial charge in [0.25, 0.3) is 0 Å². The molecule has 0 aliphatic rings. The molecule has 1 atom stereocenters. The first kappa shape index (κ1) is 10.4. The molecule has 5 heteroatoms. The highest BCUT2D eigenvalue weighted by atomic mass is 32.2. The number of aliphatic carboxylic acids is 1. The SMILES string of the molecule is CC(=O)SCC(CO)C(=O)O. The van der Waals surface area contributed by atoms with Gasteiger partial charge in [-0.15, -0.1) is 0 Å². The fourth-order valence-electron chi connectivity index (χ4n) is 0.420. The van der Waals surface area contributed by atoms with Crippen molar-refractivity contribution in [3.8, 4) is 0 Å². The molecular weight excluding hydrogens is 168 g/mol. The van der Waals surface area contributed by atoms with Gasteiger partial charge in [-0.05, 0) is 0 Å². The van der Waals surface area contributed by atoms with Crippen molar-refractivity contribution in [2.45, 2.75) is 6.92 Å². The zero-order chi connectivity index (χ0) is 8.85. The molecule has 0 aliphatic carbocycles. The number of carbonyl (C=O) groups excluding carboxylic acids is 1. The van der Waals surface area contributed by atoms with E-state index < -0.39 is 18.5 Å². The predicted molar refractivity (Wildman–Crippen MR) is 41.4 cm³/mol. The second-order valence-corrected chi connectivity index (χ2v) is 3.22. The summed E-state index contributed by atoms with van der Waals surface area (Å²) in [5.74, 6) is -1.76. The van der Waals surface area contributed by atoms with Crippen LogP contribution in [0, 0.1) is 5.92 Å². The number of aliphatic hydroxyl groups excluding tert-OH is 1. The van der Waals surface area contributed by atoms with Crippen molar-refractivity contribution in [2.24, 2.45) is 5.92 Å². The molecule has 0 bridgehead atoms. The Balaban J connectivity index is 3.70. The second-order valence-electron chi connectivity index (χ2n) is 2.02. The third-order valence-electron chi connectivity index (χ3n) is 1.06. The van der Waals surface area contributed by atoms with Crippen molar-refractivity contribution >= 4 is 22.8 Å². The van der Waals surface area contributed by atoms with Gasteiger partial charge in [0.05, 0.1) is 12.5 Å². The first-order valence-corrected chi connectivity index (χ1v) is 4.03. The Bertz CT molecular complexity index is 157. The van der Waals surface area contributed by atoms with Crippen LogP contribution in [0.2, 0.25) is 0 Å². The van der Waals surface area contributed by atoms with E-state index in [1.54, 1.807) is 0 Å². The van der Waals surface area contributed by atoms with Crippen molar-refractivity contribution in [1.82, 2.24) is 0 Å². The Kier molecular flexibility index (Phi) is 4.89. The molecule has 0 radical (unpaired) electrons. The van der Waals surface area contributed by atoms with Gasteiger partial charge < -0.3 is 10.2 Å². The standard InChI is InChI=1S/C6H10O4S/c1-4(8)11-3-5(2-7)6(9)10/h5,7H,2-3H2,1H3,(H,9,10). The van der Waals surface area contributed by atoms with Gasteiger partial charge in [0.1, 0.15) is 0 Å². The summed E-state index contributed by atoms with van der Waals surface area (Å²) < 4.78 is 0. The fourth-order valence-corrected chi connectivity index (χ4v) is 1.10. The molecular formula is C6H10O4S. The van der Waals surface area contributed by atoms with Gasteiger partial charge in [-0.25, -0.2) is 0 Å². The Morgan fingerprint density at radius 3 is 2.36 bits per heavy atom. The fraction of sp³-hybridized carbons (Fsp3) is 0.667. The molecule has 0 heterocycles. The minimum atomic E-state index is -1.07. The smallest absolute Gasteiger partial charge is 0.309 e. The summed E-state index contributed by atoms with van der Waals surface area (Å²) in [7, 11) is 0. The molecule has 0 fully saturated rings. The van der Waals surface area contributed by atoms with E-state index in [9.17, 15) is 9.59 Å². The average molecular weight is 178 g/mol. The third kappa shape index (κ3) is 4.80. The summed E-state index contributed by atoms with van der Waals surface area (Å²) in [6.45, 7) is 0.941. The monoisotopic (exact) mass is 178 g/mol. The quantitative estimate of drug-likeness (QED) is 0.631. The lowest BCUT2D eigenvalue weighted by molar-refractivity contribution is -0.142. The van der Waals surface area contributed by atoms with Gasteiger partial charge in [0.15, 0.2) is 5.12 Å². The molecule has 0 spiro atoms. The number of carboxylic acids is 1. The first-order chi connectivity index (χ1) is 5.07. The molecule has 2 N–H and O–H groups in total. The summed E-state index contributed by atoms with van der Waals surface area (Å²) in [4.78, 5) is 20.6. The highest BCUT2D eigenvalue weighted by Gasteiger charge is 2.16. The Morgan fingerprint density at radius 1 is 1.55 bits per heavy atom. The van der Waals surface area contributed by atoms with Gasteiger partial charge in [0, 0.05) is 12.7 Å². The van der Waals surface area contributed by atoms with Crippen LogP contribution in [-0.4, -0.2) is 33.7 Å². The van der Waals surface area contributed by atoms with E-state index in [4.69, 9.17) is 10.2 Å². The number of carboxylic acid groups (broad SMARTS) is 1. The van der Waals surface area contributed by atoms with E-state index in [1.807, 2.05) is 0 Å². The zero-order valence-electron chi connectivity index (χ0n) is 6.11. The van der Waals surface area contributed by atoms with Gasteiger partial charge >= 0.3 is 5.97 Å². The maximum Gasteiger partial charge on any atom is 0.309 e. The highest BCUT2D eigenvalue weighted by Crippen LogP contribution is 2.08. The molecule has 0 aromatic heterocycles. The van der Waals surface area contributed by atoms with E-state index in [1.165, 1.54) is 6.92 Å². The molecule has 0 rings (SSSR count). The number of thioether (sulfide) groups is 1. The molecule has 0 saturated carbocycles. The Labute approximate surface area is 68.6 Å². The van der Waals surface area contributed by atoms with Crippen LogP contribution in [-0.2, 0) is 9.59 Å². The van der Waals surface area contributed by atoms with Crippen LogP contribution in [0.15, 0.2) is 0 Å². The molecule has 0 aromatic carbocycles. The Hall–Kier alpha value is -0.550. The van der Waals surface area contributed by atoms with E-state index >= 15 is 0 Å².